The molecule has 2 atom stereocenters. The third kappa shape index (κ3) is 6.67. The van der Waals surface area contributed by atoms with E-state index in [9.17, 15) is 0 Å². The molecule has 2 saturated heterocycles. The lowest BCUT2D eigenvalue weighted by Gasteiger charge is -2.30. The lowest BCUT2D eigenvalue weighted by Crippen LogP contribution is -2.35. The van der Waals surface area contributed by atoms with Crippen molar-refractivity contribution in [2.75, 3.05) is 32.7 Å². The minimum absolute atomic E-state index is 0.250. The van der Waals surface area contributed by atoms with Crippen LogP contribution in [-0.2, 0) is 22.6 Å². The maximum Gasteiger partial charge on any atom is 0.290 e. The minimum Gasteiger partial charge on any atom is -0.483 e. The van der Waals surface area contributed by atoms with Gasteiger partial charge in [-0.25, -0.2) is 0 Å². The van der Waals surface area contributed by atoms with E-state index >= 15 is 0 Å². The van der Waals surface area contributed by atoms with Gasteiger partial charge in [0.25, 0.3) is 12.9 Å². The van der Waals surface area contributed by atoms with Gasteiger partial charge in [-0.05, 0) is 56.9 Å². The first-order valence-electron chi connectivity index (χ1n) is 12.1. The van der Waals surface area contributed by atoms with Crippen molar-refractivity contribution in [1.82, 2.24) is 20.0 Å². The number of hydrogen-bond donors (Lipinski definition) is 3. The van der Waals surface area contributed by atoms with Crippen molar-refractivity contribution in [2.24, 2.45) is 17.3 Å². The van der Waals surface area contributed by atoms with E-state index < -0.39 is 0 Å². The summed E-state index contributed by atoms with van der Waals surface area (Å²) in [5, 5.41) is 21.4. The van der Waals surface area contributed by atoms with E-state index in [1.165, 1.54) is 80.9 Å². The van der Waals surface area contributed by atoms with E-state index in [1.54, 1.807) is 0 Å². The first-order chi connectivity index (χ1) is 16.4. The Morgan fingerprint density at radius 2 is 1.68 bits per heavy atom. The van der Waals surface area contributed by atoms with Crippen LogP contribution in [0.3, 0.4) is 0 Å². The fourth-order valence-corrected chi connectivity index (χ4v) is 5.75. The van der Waals surface area contributed by atoms with Crippen molar-refractivity contribution in [3.05, 3.63) is 52.8 Å². The molecule has 8 nitrogen and oxygen atoms in total. The Kier molecular flexibility index (Phi) is 9.24. The molecule has 1 aliphatic carbocycles. The molecular formula is C26H38N4O4. The second kappa shape index (κ2) is 12.1. The number of aromatic amines is 1. The van der Waals surface area contributed by atoms with Crippen LogP contribution in [0.15, 0.2) is 30.3 Å². The molecule has 0 radical (unpaired) electrons. The molecule has 2 aromatic rings. The number of rotatable bonds is 7. The highest BCUT2D eigenvalue weighted by molar-refractivity contribution is 5.33. The van der Waals surface area contributed by atoms with E-state index in [2.05, 4.69) is 64.2 Å². The van der Waals surface area contributed by atoms with Gasteiger partial charge in [0.15, 0.2) is 0 Å². The number of carboxylic acid groups (broad SMARTS) is 2. The van der Waals surface area contributed by atoms with Crippen LogP contribution in [0.4, 0.5) is 0 Å². The topological polar surface area (TPSA) is 110 Å². The number of nitrogens with one attached hydrogen (secondary N) is 1. The fourth-order valence-electron chi connectivity index (χ4n) is 5.75. The van der Waals surface area contributed by atoms with Crippen LogP contribution in [-0.4, -0.2) is 75.9 Å². The summed E-state index contributed by atoms with van der Waals surface area (Å²) in [5.74, 6) is 1.82. The number of hydrogen-bond acceptors (Lipinski definition) is 5. The summed E-state index contributed by atoms with van der Waals surface area (Å²) in [6.45, 7) is 11.3. The highest BCUT2D eigenvalue weighted by atomic mass is 16.3. The zero-order valence-electron chi connectivity index (χ0n) is 20.3. The van der Waals surface area contributed by atoms with Gasteiger partial charge in [-0.3, -0.25) is 19.6 Å². The summed E-state index contributed by atoms with van der Waals surface area (Å²) in [5.41, 5.74) is 5.78. The highest BCUT2D eigenvalue weighted by Gasteiger charge is 2.52. The van der Waals surface area contributed by atoms with Crippen molar-refractivity contribution >= 4 is 12.9 Å². The second-order valence-electron chi connectivity index (χ2n) is 9.98. The van der Waals surface area contributed by atoms with Crippen LogP contribution in [0.2, 0.25) is 0 Å². The highest BCUT2D eigenvalue weighted by Crippen LogP contribution is 2.47. The van der Waals surface area contributed by atoms with Gasteiger partial charge in [0, 0.05) is 55.9 Å². The van der Waals surface area contributed by atoms with Gasteiger partial charge < -0.3 is 15.1 Å². The summed E-state index contributed by atoms with van der Waals surface area (Å²) in [4.78, 5) is 22.2. The largest absolute Gasteiger partial charge is 0.483 e. The average Bonchev–Trinajstić information content (AvgIpc) is 3.38. The molecule has 2 aliphatic heterocycles. The third-order valence-corrected chi connectivity index (χ3v) is 7.53. The molecule has 5 rings (SSSR count). The molecule has 1 aromatic heterocycles. The summed E-state index contributed by atoms with van der Waals surface area (Å²) >= 11 is 0. The molecule has 3 N–H and O–H groups in total. The molecule has 0 amide bonds. The van der Waals surface area contributed by atoms with Crippen molar-refractivity contribution in [2.45, 2.75) is 46.1 Å². The number of aryl methyl sites for hydroxylation is 3. The molecular weight excluding hydrogens is 432 g/mol. The molecule has 34 heavy (non-hydrogen) atoms. The molecule has 3 aliphatic rings. The van der Waals surface area contributed by atoms with Gasteiger partial charge in [0.05, 0.1) is 5.69 Å². The van der Waals surface area contributed by atoms with E-state index in [1.807, 2.05) is 0 Å². The molecule has 3 heterocycles. The first-order valence-corrected chi connectivity index (χ1v) is 12.1. The van der Waals surface area contributed by atoms with Gasteiger partial charge in [0.2, 0.25) is 0 Å². The predicted octanol–water partition coefficient (Wildman–Crippen LogP) is 3.20. The van der Waals surface area contributed by atoms with E-state index in [4.69, 9.17) is 19.8 Å². The van der Waals surface area contributed by atoms with Gasteiger partial charge >= 0.3 is 0 Å². The Morgan fingerprint density at radius 3 is 2.26 bits per heavy atom. The molecule has 0 bridgehead atoms. The minimum atomic E-state index is -0.250. The average molecular weight is 471 g/mol. The molecule has 1 saturated carbocycles. The molecule has 1 aromatic carbocycles. The smallest absolute Gasteiger partial charge is 0.290 e. The number of nitrogens with zero attached hydrogens (tertiary/aromatic N) is 3. The normalized spacial score (nSPS) is 23.9. The number of fused-ring (bicyclic) bond motifs is 1. The molecule has 8 heteroatoms. The van der Waals surface area contributed by atoms with Gasteiger partial charge in [-0.2, -0.15) is 5.10 Å². The Bertz CT molecular complexity index is 889. The quantitative estimate of drug-likeness (QED) is 0.533. The summed E-state index contributed by atoms with van der Waals surface area (Å²) in [6, 6.07) is 11.1. The Labute approximate surface area is 202 Å². The van der Waals surface area contributed by atoms with Crippen LogP contribution in [0.1, 0.15) is 41.8 Å². The van der Waals surface area contributed by atoms with Crippen LogP contribution in [0, 0.1) is 31.1 Å². The van der Waals surface area contributed by atoms with Gasteiger partial charge in [0.1, 0.15) is 0 Å². The summed E-state index contributed by atoms with van der Waals surface area (Å²) in [6.07, 6.45) is 5.46. The third-order valence-electron chi connectivity index (χ3n) is 7.53. The number of carbonyl (C=O) groups is 2. The number of likely N-dealkylation sites (tertiary alicyclic amines) is 2. The van der Waals surface area contributed by atoms with Crippen LogP contribution >= 0.6 is 0 Å². The van der Waals surface area contributed by atoms with Crippen molar-refractivity contribution in [3.63, 3.8) is 0 Å². The van der Waals surface area contributed by atoms with E-state index in [-0.39, 0.29) is 12.9 Å². The van der Waals surface area contributed by atoms with Crippen molar-refractivity contribution in [3.8, 4) is 0 Å². The molecule has 3 fully saturated rings. The van der Waals surface area contributed by atoms with Crippen LogP contribution in [0.5, 0.6) is 0 Å². The van der Waals surface area contributed by atoms with Crippen LogP contribution < -0.4 is 0 Å². The number of aromatic nitrogens is 2. The lowest BCUT2D eigenvalue weighted by atomic mass is 9.76. The Balaban J connectivity index is 0.000000492. The van der Waals surface area contributed by atoms with Gasteiger partial charge in [-0.15, -0.1) is 0 Å². The van der Waals surface area contributed by atoms with Crippen molar-refractivity contribution in [1.29, 1.82) is 0 Å². The Morgan fingerprint density at radius 1 is 1.06 bits per heavy atom. The predicted molar refractivity (Wildman–Crippen MR) is 131 cm³/mol. The van der Waals surface area contributed by atoms with Crippen molar-refractivity contribution < 1.29 is 19.8 Å². The lowest BCUT2D eigenvalue weighted by molar-refractivity contribution is -0.123. The van der Waals surface area contributed by atoms with E-state index in [0.717, 1.165) is 18.4 Å². The van der Waals surface area contributed by atoms with E-state index in [0.29, 0.717) is 5.41 Å². The maximum atomic E-state index is 8.36. The summed E-state index contributed by atoms with van der Waals surface area (Å²) < 4.78 is 0. The first kappa shape index (κ1) is 25.9. The number of H-pyrrole nitrogens is 1. The van der Waals surface area contributed by atoms with Crippen LogP contribution in [0.25, 0.3) is 0 Å². The molecule has 0 spiro atoms. The Hall–Kier alpha value is -2.71. The molecule has 2 unspecified atom stereocenters. The number of benzene rings is 1. The fraction of sp³-hybridized carbons (Fsp3) is 0.577. The maximum absolute atomic E-state index is 8.36. The molecule has 186 valence electrons. The standard InChI is InChI=1S/C24H34N4.2CH2O2/c1-18-23(19(2)26-25-18)15-28-14-22-13-27(12-21-8-9-21)16-24(22,17-28)11-10-20-6-4-3-5-7-20;2*2-1-3/h3-7,21-22H,8-17H2,1-2H3,(H,25,26);2*1H,(H,2,3). The monoisotopic (exact) mass is 470 g/mol. The second-order valence-corrected chi connectivity index (χ2v) is 9.98. The SMILES string of the molecule is Cc1n[nH]c(C)c1CN1CC2CN(CC3CC3)CC2(CCc2ccccc2)C1.O=CO.O=CO. The summed E-state index contributed by atoms with van der Waals surface area (Å²) in [7, 11) is 0. The zero-order chi connectivity index (χ0) is 24.6. The van der Waals surface area contributed by atoms with Gasteiger partial charge in [-0.1, -0.05) is 30.3 Å². The zero-order valence-corrected chi connectivity index (χ0v) is 20.3.